The fourth-order valence-electron chi connectivity index (χ4n) is 2.05. The number of rotatable bonds is 5. The van der Waals surface area contributed by atoms with E-state index in [1.165, 1.54) is 0 Å². The molecule has 1 atom stereocenters. The molecule has 0 bridgehead atoms. The lowest BCUT2D eigenvalue weighted by molar-refractivity contribution is 0.0667. The van der Waals surface area contributed by atoms with Crippen LogP contribution in [0.2, 0.25) is 10.0 Å². The summed E-state index contributed by atoms with van der Waals surface area (Å²) in [5, 5.41) is 4.01. The zero-order chi connectivity index (χ0) is 15.6. The molecule has 1 unspecified atom stereocenters. The molecule has 0 saturated heterocycles. The van der Waals surface area contributed by atoms with Crippen molar-refractivity contribution in [2.75, 3.05) is 6.54 Å². The van der Waals surface area contributed by atoms with Gasteiger partial charge in [-0.15, -0.1) is 24.0 Å². The Morgan fingerprint density at radius 2 is 2.05 bits per heavy atom. The summed E-state index contributed by atoms with van der Waals surface area (Å²) < 4.78 is 25.6. The van der Waals surface area contributed by atoms with Crippen molar-refractivity contribution in [3.8, 4) is 0 Å². The third-order valence-corrected chi connectivity index (χ3v) is 4.28. The average molecular weight is 464 g/mol. The second kappa shape index (κ2) is 7.97. The van der Waals surface area contributed by atoms with Crippen molar-refractivity contribution in [1.29, 1.82) is 0 Å². The standard InChI is InChI=1S/C14H17Cl2F2N3.HI/c1-8(10-3-2-9(15)6-11(10)16)21-13(19)20-7-14(4-5-14)12(17)18;/h2-3,6,8,12H,4-5,7H2,1H3,(H3,19,20,21);1H. The molecule has 22 heavy (non-hydrogen) atoms. The SMILES string of the molecule is CC(NC(N)=NCC1(C(F)F)CC1)c1ccc(Cl)cc1Cl.I. The number of benzene rings is 1. The zero-order valence-electron chi connectivity index (χ0n) is 12.0. The molecule has 2 rings (SSSR count). The molecule has 0 aromatic heterocycles. The molecule has 0 heterocycles. The summed E-state index contributed by atoms with van der Waals surface area (Å²) in [5.74, 6) is 0.139. The molecule has 1 fully saturated rings. The van der Waals surface area contributed by atoms with E-state index in [4.69, 9.17) is 28.9 Å². The predicted molar refractivity (Wildman–Crippen MR) is 97.6 cm³/mol. The molecule has 0 spiro atoms. The van der Waals surface area contributed by atoms with E-state index in [1.807, 2.05) is 6.92 Å². The maximum Gasteiger partial charge on any atom is 0.245 e. The van der Waals surface area contributed by atoms with Gasteiger partial charge in [0.2, 0.25) is 6.43 Å². The van der Waals surface area contributed by atoms with Crippen molar-refractivity contribution in [2.45, 2.75) is 32.2 Å². The summed E-state index contributed by atoms with van der Waals surface area (Å²) in [4.78, 5) is 4.03. The molecule has 1 aliphatic rings. The molecule has 124 valence electrons. The van der Waals surface area contributed by atoms with Gasteiger partial charge in [0.05, 0.1) is 18.0 Å². The molecule has 1 aromatic rings. The maximum atomic E-state index is 12.8. The number of nitrogens with one attached hydrogen (secondary N) is 1. The van der Waals surface area contributed by atoms with E-state index in [-0.39, 0.29) is 42.5 Å². The monoisotopic (exact) mass is 463 g/mol. The Morgan fingerprint density at radius 1 is 1.41 bits per heavy atom. The van der Waals surface area contributed by atoms with E-state index in [1.54, 1.807) is 18.2 Å². The lowest BCUT2D eigenvalue weighted by atomic mass is 10.1. The van der Waals surface area contributed by atoms with Gasteiger partial charge in [0.25, 0.3) is 0 Å². The fraction of sp³-hybridized carbons (Fsp3) is 0.500. The lowest BCUT2D eigenvalue weighted by Crippen LogP contribution is -2.35. The van der Waals surface area contributed by atoms with Crippen molar-refractivity contribution in [3.05, 3.63) is 33.8 Å². The van der Waals surface area contributed by atoms with E-state index in [0.29, 0.717) is 22.9 Å². The first-order chi connectivity index (χ1) is 9.84. The van der Waals surface area contributed by atoms with Crippen molar-refractivity contribution in [3.63, 3.8) is 0 Å². The van der Waals surface area contributed by atoms with Crippen LogP contribution in [0.4, 0.5) is 8.78 Å². The molecule has 3 nitrogen and oxygen atoms in total. The molecule has 0 aliphatic heterocycles. The van der Waals surface area contributed by atoms with Gasteiger partial charge < -0.3 is 11.1 Å². The van der Waals surface area contributed by atoms with Crippen LogP contribution in [-0.2, 0) is 0 Å². The third-order valence-electron chi connectivity index (χ3n) is 3.71. The Bertz CT molecular complexity index is 551. The molecule has 1 saturated carbocycles. The van der Waals surface area contributed by atoms with Crippen LogP contribution in [0.15, 0.2) is 23.2 Å². The highest BCUT2D eigenvalue weighted by molar-refractivity contribution is 14.0. The first-order valence-corrected chi connectivity index (χ1v) is 7.39. The molecule has 1 aromatic carbocycles. The smallest absolute Gasteiger partial charge is 0.245 e. The summed E-state index contributed by atoms with van der Waals surface area (Å²) in [6.07, 6.45) is -1.35. The molecule has 3 N–H and O–H groups in total. The Morgan fingerprint density at radius 3 is 2.55 bits per heavy atom. The van der Waals surface area contributed by atoms with Crippen LogP contribution in [0.5, 0.6) is 0 Å². The molecular weight excluding hydrogens is 446 g/mol. The maximum absolute atomic E-state index is 12.8. The number of nitrogens with zero attached hydrogens (tertiary/aromatic N) is 1. The number of hydrogen-bond donors (Lipinski definition) is 2. The van der Waals surface area contributed by atoms with Gasteiger partial charge in [0, 0.05) is 10.0 Å². The number of nitrogens with two attached hydrogens (primary N) is 1. The van der Waals surface area contributed by atoms with Gasteiger partial charge in [-0.05, 0) is 37.5 Å². The summed E-state index contributed by atoms with van der Waals surface area (Å²) in [7, 11) is 0. The van der Waals surface area contributed by atoms with Crippen LogP contribution in [0.25, 0.3) is 0 Å². The highest BCUT2D eigenvalue weighted by atomic mass is 127. The first-order valence-electron chi connectivity index (χ1n) is 6.63. The largest absolute Gasteiger partial charge is 0.370 e. The Kier molecular flexibility index (Phi) is 7.14. The van der Waals surface area contributed by atoms with Gasteiger partial charge in [-0.25, -0.2) is 8.78 Å². The van der Waals surface area contributed by atoms with Gasteiger partial charge in [-0.3, -0.25) is 4.99 Å². The number of hydrogen-bond acceptors (Lipinski definition) is 1. The second-order valence-corrected chi connectivity index (χ2v) is 6.24. The van der Waals surface area contributed by atoms with E-state index in [0.717, 1.165) is 5.56 Å². The number of halogens is 5. The minimum atomic E-state index is -2.35. The normalized spacial score (nSPS) is 17.8. The summed E-state index contributed by atoms with van der Waals surface area (Å²) in [5.41, 5.74) is 5.60. The van der Waals surface area contributed by atoms with Crippen LogP contribution in [-0.4, -0.2) is 18.9 Å². The van der Waals surface area contributed by atoms with Crippen molar-refractivity contribution in [2.24, 2.45) is 16.1 Å². The molecular formula is C14H18Cl2F2IN3. The van der Waals surface area contributed by atoms with Crippen molar-refractivity contribution < 1.29 is 8.78 Å². The first kappa shape index (κ1) is 19.7. The van der Waals surface area contributed by atoms with Crippen molar-refractivity contribution >= 4 is 53.1 Å². The van der Waals surface area contributed by atoms with Crippen LogP contribution >= 0.6 is 47.2 Å². The van der Waals surface area contributed by atoms with E-state index >= 15 is 0 Å². The minimum Gasteiger partial charge on any atom is -0.370 e. The summed E-state index contributed by atoms with van der Waals surface area (Å²) in [6, 6.07) is 4.96. The van der Waals surface area contributed by atoms with Gasteiger partial charge in [-0.1, -0.05) is 29.3 Å². The van der Waals surface area contributed by atoms with Crippen LogP contribution in [0.1, 0.15) is 31.4 Å². The van der Waals surface area contributed by atoms with Gasteiger partial charge in [0.15, 0.2) is 5.96 Å². The third kappa shape index (κ3) is 4.83. The Balaban J connectivity index is 0.00000242. The number of guanidine groups is 1. The van der Waals surface area contributed by atoms with E-state index in [9.17, 15) is 8.78 Å². The van der Waals surface area contributed by atoms with Gasteiger partial charge in [0.1, 0.15) is 0 Å². The molecule has 1 aliphatic carbocycles. The van der Waals surface area contributed by atoms with Gasteiger partial charge >= 0.3 is 0 Å². The van der Waals surface area contributed by atoms with E-state index < -0.39 is 11.8 Å². The number of alkyl halides is 2. The highest BCUT2D eigenvalue weighted by Crippen LogP contribution is 2.50. The zero-order valence-corrected chi connectivity index (χ0v) is 15.8. The molecule has 0 amide bonds. The molecule has 8 heteroatoms. The van der Waals surface area contributed by atoms with E-state index in [2.05, 4.69) is 10.3 Å². The topological polar surface area (TPSA) is 50.4 Å². The van der Waals surface area contributed by atoms with Gasteiger partial charge in [-0.2, -0.15) is 0 Å². The Labute approximate surface area is 155 Å². The van der Waals surface area contributed by atoms with Crippen molar-refractivity contribution in [1.82, 2.24) is 5.32 Å². The lowest BCUT2D eigenvalue weighted by Gasteiger charge is -2.17. The van der Waals surface area contributed by atoms with Crippen LogP contribution in [0, 0.1) is 5.41 Å². The minimum absolute atomic E-state index is 0. The summed E-state index contributed by atoms with van der Waals surface area (Å²) in [6.45, 7) is 1.90. The quantitative estimate of drug-likeness (QED) is 0.380. The second-order valence-electron chi connectivity index (χ2n) is 5.40. The fourth-order valence-corrected chi connectivity index (χ4v) is 2.62. The average Bonchev–Trinajstić information content (AvgIpc) is 3.17. The Hall–Kier alpha value is -0.340. The summed E-state index contributed by atoms with van der Waals surface area (Å²) >= 11 is 11.9. The predicted octanol–water partition coefficient (Wildman–Crippen LogP) is 4.62. The highest BCUT2D eigenvalue weighted by Gasteiger charge is 2.50. The molecule has 0 radical (unpaired) electrons. The van der Waals surface area contributed by atoms with Crippen LogP contribution < -0.4 is 11.1 Å². The number of aliphatic imine (C=N–C) groups is 1. The van der Waals surface area contributed by atoms with Crippen LogP contribution in [0.3, 0.4) is 0 Å².